The second kappa shape index (κ2) is 11.1. The highest BCUT2D eigenvalue weighted by Crippen LogP contribution is 2.77. The summed E-state index contributed by atoms with van der Waals surface area (Å²) in [4.78, 5) is 13.1. The maximum absolute atomic E-state index is 13.3. The van der Waals surface area contributed by atoms with Crippen molar-refractivity contribution in [1.82, 2.24) is 0 Å². The summed E-state index contributed by atoms with van der Waals surface area (Å²) >= 11 is 0. The molecular weight excluding hydrogens is 625 g/mol. The van der Waals surface area contributed by atoms with Crippen LogP contribution in [0.2, 0.25) is 0 Å². The molecule has 9 atom stereocenters. The number of ether oxygens (including phenoxy) is 1. The number of fused-ring (bicyclic) bond motifs is 7. The highest BCUT2D eigenvalue weighted by Gasteiger charge is 2.71. The van der Waals surface area contributed by atoms with Crippen molar-refractivity contribution in [2.45, 2.75) is 105 Å². The van der Waals surface area contributed by atoms with Crippen LogP contribution in [0, 0.1) is 56.7 Å². The van der Waals surface area contributed by atoms with E-state index in [1.165, 1.54) is 5.57 Å². The summed E-state index contributed by atoms with van der Waals surface area (Å²) in [5.41, 5.74) is -4.87. The molecule has 0 amide bonds. The maximum atomic E-state index is 13.3. The molecule has 0 aromatic heterocycles. The number of hydrogen-bond donors (Lipinski definition) is 0. The van der Waals surface area contributed by atoms with Crippen molar-refractivity contribution >= 4 is 16.1 Å². The largest absolute Gasteiger partial charge is 0.534 e. The molecule has 0 bridgehead atoms. The lowest BCUT2D eigenvalue weighted by Crippen LogP contribution is -2.65. The number of hydrogen-bond acceptors (Lipinski definition) is 5. The molecule has 0 aliphatic heterocycles. The van der Waals surface area contributed by atoms with E-state index in [1.807, 2.05) is 32.0 Å². The minimum Gasteiger partial charge on any atom is -0.461 e. The minimum absolute atomic E-state index is 0.0173. The topological polar surface area (TPSA) is 69.7 Å². The first-order chi connectivity index (χ1) is 21.7. The molecule has 5 aliphatic rings. The van der Waals surface area contributed by atoms with Crippen molar-refractivity contribution in [3.05, 3.63) is 59.9 Å². The highest BCUT2D eigenvalue weighted by atomic mass is 32.2. The predicted molar refractivity (Wildman–Crippen MR) is 175 cm³/mol. The third-order valence-electron chi connectivity index (χ3n) is 14.7. The lowest BCUT2D eigenvalue weighted by atomic mass is 9.32. The van der Waals surface area contributed by atoms with Crippen LogP contribution in [0.4, 0.5) is 13.2 Å². The Balaban J connectivity index is 1.31. The minimum atomic E-state index is -5.75. The Labute approximate surface area is 278 Å². The third-order valence-corrected chi connectivity index (χ3v) is 15.7. The molecule has 0 spiro atoms. The van der Waals surface area contributed by atoms with Gasteiger partial charge in [-0.2, -0.15) is 21.6 Å². The van der Waals surface area contributed by atoms with E-state index >= 15 is 0 Å². The number of rotatable bonds is 6. The fraction of sp³-hybridized carbons (Fsp3) is 0.711. The van der Waals surface area contributed by atoms with Crippen molar-refractivity contribution in [3.63, 3.8) is 0 Å². The van der Waals surface area contributed by atoms with Crippen molar-refractivity contribution in [1.29, 1.82) is 0 Å². The van der Waals surface area contributed by atoms with Gasteiger partial charge in [0.1, 0.15) is 5.76 Å². The van der Waals surface area contributed by atoms with Crippen LogP contribution in [-0.2, 0) is 19.0 Å². The second-order valence-electron chi connectivity index (χ2n) is 17.0. The molecular formula is C38H51F3O5S. The van der Waals surface area contributed by atoms with Crippen LogP contribution in [0.15, 0.2) is 54.3 Å². The maximum Gasteiger partial charge on any atom is 0.534 e. The summed E-state index contributed by atoms with van der Waals surface area (Å²) in [6, 6.07) is 9.19. The van der Waals surface area contributed by atoms with Gasteiger partial charge in [-0.15, -0.1) is 0 Å². The first-order valence-electron chi connectivity index (χ1n) is 17.3. The van der Waals surface area contributed by atoms with Crippen LogP contribution in [0.5, 0.6) is 0 Å². The van der Waals surface area contributed by atoms with Crippen molar-refractivity contribution in [2.75, 3.05) is 6.61 Å². The molecule has 1 aromatic carbocycles. The average molecular weight is 677 g/mol. The summed E-state index contributed by atoms with van der Waals surface area (Å²) in [6.07, 6.45) is 9.98. The number of halogens is 3. The Kier molecular flexibility index (Phi) is 8.17. The van der Waals surface area contributed by atoms with Gasteiger partial charge >= 0.3 is 21.6 Å². The lowest BCUT2D eigenvalue weighted by molar-refractivity contribution is -0.231. The number of alkyl halides is 3. The molecule has 5 nitrogen and oxygen atoms in total. The van der Waals surface area contributed by atoms with Gasteiger partial charge in [0.15, 0.2) is 0 Å². The van der Waals surface area contributed by atoms with Crippen molar-refractivity contribution < 1.29 is 35.3 Å². The van der Waals surface area contributed by atoms with Crippen LogP contribution in [0.3, 0.4) is 0 Å². The van der Waals surface area contributed by atoms with Gasteiger partial charge in [0.05, 0.1) is 12.2 Å². The van der Waals surface area contributed by atoms with Gasteiger partial charge < -0.3 is 8.92 Å². The zero-order valence-electron chi connectivity index (χ0n) is 28.7. The first kappa shape index (κ1) is 34.6. The fourth-order valence-corrected chi connectivity index (χ4v) is 12.9. The molecule has 0 heterocycles. The van der Waals surface area contributed by atoms with Gasteiger partial charge in [-0.1, -0.05) is 65.0 Å². The number of carbonyl (C=O) groups is 1. The summed E-state index contributed by atoms with van der Waals surface area (Å²) in [7, 11) is -5.75. The van der Waals surface area contributed by atoms with E-state index in [-0.39, 0.29) is 39.3 Å². The van der Waals surface area contributed by atoms with Crippen LogP contribution in [0.25, 0.3) is 0 Å². The molecule has 260 valence electrons. The molecule has 4 saturated carbocycles. The summed E-state index contributed by atoms with van der Waals surface area (Å²) < 4.78 is 75.0. The number of allylic oxidation sites excluding steroid dienone is 3. The van der Waals surface area contributed by atoms with Gasteiger partial charge in [0, 0.05) is 10.8 Å². The van der Waals surface area contributed by atoms with Crippen LogP contribution >= 0.6 is 0 Å². The highest BCUT2D eigenvalue weighted by molar-refractivity contribution is 7.87. The average Bonchev–Trinajstić information content (AvgIpc) is 3.38. The van der Waals surface area contributed by atoms with Gasteiger partial charge in [-0.25, -0.2) is 4.79 Å². The normalized spacial score (nSPS) is 41.0. The quantitative estimate of drug-likeness (QED) is 0.130. The summed E-state index contributed by atoms with van der Waals surface area (Å²) in [5.74, 6) is 1.11. The SMILES string of the molecule is C=C(C)[C@@H]1CC[C@]2(COC(=O)c3ccccc3)CC[C@]3(C)C(CC[C@@H]4[C@@]5(C)CC=C(OS(=O)(=O)C(F)(F)F)C(C)(C)[C@@H]5CC[C@]43C)[C@@H]12. The third kappa shape index (κ3) is 5.05. The molecule has 47 heavy (non-hydrogen) atoms. The summed E-state index contributed by atoms with van der Waals surface area (Å²) in [6.45, 7) is 18.0. The van der Waals surface area contributed by atoms with Crippen LogP contribution in [-0.4, -0.2) is 26.5 Å². The van der Waals surface area contributed by atoms with E-state index < -0.39 is 21.0 Å². The van der Waals surface area contributed by atoms with Crippen LogP contribution in [0.1, 0.15) is 110 Å². The van der Waals surface area contributed by atoms with E-state index in [0.29, 0.717) is 42.3 Å². The molecule has 4 fully saturated rings. The monoisotopic (exact) mass is 676 g/mol. The number of benzene rings is 1. The number of carbonyl (C=O) groups excluding carboxylic acids is 1. The number of esters is 1. The zero-order chi connectivity index (χ0) is 34.4. The Morgan fingerprint density at radius 2 is 1.60 bits per heavy atom. The van der Waals surface area contributed by atoms with Crippen molar-refractivity contribution in [3.8, 4) is 0 Å². The van der Waals surface area contributed by atoms with Crippen molar-refractivity contribution in [2.24, 2.45) is 56.7 Å². The van der Waals surface area contributed by atoms with E-state index in [4.69, 9.17) is 8.92 Å². The fourth-order valence-electron chi connectivity index (χ4n) is 12.3. The Hall–Kier alpha value is -2.29. The van der Waals surface area contributed by atoms with Gasteiger partial charge in [0.2, 0.25) is 0 Å². The van der Waals surface area contributed by atoms with E-state index in [0.717, 1.165) is 51.4 Å². The molecule has 1 aromatic rings. The Morgan fingerprint density at radius 1 is 0.915 bits per heavy atom. The predicted octanol–water partition coefficient (Wildman–Crippen LogP) is 9.86. The lowest BCUT2D eigenvalue weighted by Gasteiger charge is -2.72. The smallest absolute Gasteiger partial charge is 0.461 e. The Morgan fingerprint density at radius 3 is 2.23 bits per heavy atom. The standard InChI is InChI=1S/C38H51F3O5S/c1-24(2)26-15-20-37(23-45-32(42)25-11-9-8-10-12-25)22-21-35(6)27(31(26)37)13-14-29-34(5)18-17-30(46-47(43,44)38(39,40)41)33(3,4)28(34)16-19-36(29,35)7/h8-12,17,26-29,31H,1,13-16,18-23H2,2-7H3/t26-,27?,28-,29+,31+,34-,35+,36+,37+/m0/s1. The van der Waals surface area contributed by atoms with E-state index in [9.17, 15) is 26.4 Å². The molecule has 5 aliphatic carbocycles. The van der Waals surface area contributed by atoms with Crippen LogP contribution < -0.4 is 0 Å². The molecule has 0 radical (unpaired) electrons. The van der Waals surface area contributed by atoms with E-state index in [2.05, 4.69) is 34.3 Å². The molecule has 6 rings (SSSR count). The first-order valence-corrected chi connectivity index (χ1v) is 18.7. The molecule has 0 N–H and O–H groups in total. The molecule has 0 saturated heterocycles. The zero-order valence-corrected chi connectivity index (χ0v) is 29.5. The molecule has 9 heteroatoms. The summed E-state index contributed by atoms with van der Waals surface area (Å²) in [5, 5.41) is 0. The molecule has 1 unspecified atom stereocenters. The van der Waals surface area contributed by atoms with E-state index in [1.54, 1.807) is 18.2 Å². The van der Waals surface area contributed by atoms with Gasteiger partial charge in [-0.3, -0.25) is 0 Å². The van der Waals surface area contributed by atoms with Gasteiger partial charge in [-0.05, 0) is 129 Å². The Bertz CT molecular complexity index is 1570. The van der Waals surface area contributed by atoms with Gasteiger partial charge in [0.25, 0.3) is 0 Å². The second-order valence-corrected chi connectivity index (χ2v) is 18.5.